The molecule has 0 radical (unpaired) electrons. The molecule has 0 unspecified atom stereocenters. The topological polar surface area (TPSA) is 38.7 Å². The van der Waals surface area contributed by atoms with Crippen molar-refractivity contribution in [1.82, 2.24) is 10.2 Å². The number of benzene rings is 1. The second kappa shape index (κ2) is 6.57. The first-order valence-corrected chi connectivity index (χ1v) is 7.03. The second-order valence-electron chi connectivity index (χ2n) is 5.08. The van der Waals surface area contributed by atoms with Crippen LogP contribution < -0.4 is 10.2 Å². The van der Waals surface area contributed by atoms with Crippen LogP contribution in [0.5, 0.6) is 0 Å². The molecule has 0 aliphatic carbocycles. The van der Waals surface area contributed by atoms with Crippen molar-refractivity contribution in [2.45, 2.75) is 6.04 Å². The summed E-state index contributed by atoms with van der Waals surface area (Å²) in [6.07, 6.45) is 0. The first-order chi connectivity index (χ1) is 9.13. The van der Waals surface area contributed by atoms with Crippen LogP contribution in [-0.2, 0) is 0 Å². The van der Waals surface area contributed by atoms with Crippen molar-refractivity contribution in [2.75, 3.05) is 51.8 Å². The quantitative estimate of drug-likeness (QED) is 0.875. The molecule has 1 aliphatic heterocycles. The van der Waals surface area contributed by atoms with Gasteiger partial charge in [-0.1, -0.05) is 17.7 Å². The average molecular weight is 284 g/mol. The summed E-state index contributed by atoms with van der Waals surface area (Å²) in [6, 6.07) is 6.03. The summed E-state index contributed by atoms with van der Waals surface area (Å²) in [5.41, 5.74) is 2.09. The number of rotatable bonds is 4. The molecule has 1 aromatic carbocycles. The van der Waals surface area contributed by atoms with Gasteiger partial charge in [-0.3, -0.25) is 4.90 Å². The van der Waals surface area contributed by atoms with E-state index in [2.05, 4.69) is 10.2 Å². The van der Waals surface area contributed by atoms with Crippen LogP contribution in [0.4, 0.5) is 5.69 Å². The minimum Gasteiger partial charge on any atom is -0.394 e. The molecule has 1 saturated heterocycles. The summed E-state index contributed by atoms with van der Waals surface area (Å²) >= 11 is 6.39. The molecule has 1 heterocycles. The number of hydrogen-bond acceptors (Lipinski definition) is 4. The number of halogens is 1. The highest BCUT2D eigenvalue weighted by molar-refractivity contribution is 6.31. The molecule has 0 saturated carbocycles. The normalized spacial score (nSPS) is 18.3. The Hall–Kier alpha value is -0.810. The molecule has 2 N–H and O–H groups in total. The maximum absolute atomic E-state index is 9.70. The van der Waals surface area contributed by atoms with Crippen molar-refractivity contribution < 1.29 is 5.11 Å². The van der Waals surface area contributed by atoms with Gasteiger partial charge < -0.3 is 15.3 Å². The van der Waals surface area contributed by atoms with Gasteiger partial charge in [0.05, 0.1) is 12.6 Å². The highest BCUT2D eigenvalue weighted by Crippen LogP contribution is 2.30. The summed E-state index contributed by atoms with van der Waals surface area (Å²) in [7, 11) is 3.98. The third-order valence-corrected chi connectivity index (χ3v) is 3.95. The van der Waals surface area contributed by atoms with Crippen molar-refractivity contribution in [1.29, 1.82) is 0 Å². The fourth-order valence-electron chi connectivity index (χ4n) is 2.47. The van der Waals surface area contributed by atoms with Crippen molar-refractivity contribution in [3.63, 3.8) is 0 Å². The number of aliphatic hydroxyl groups excluding tert-OH is 1. The molecule has 1 fully saturated rings. The van der Waals surface area contributed by atoms with Gasteiger partial charge in [0.2, 0.25) is 0 Å². The molecule has 0 amide bonds. The van der Waals surface area contributed by atoms with E-state index < -0.39 is 0 Å². The zero-order valence-electron chi connectivity index (χ0n) is 11.6. The van der Waals surface area contributed by atoms with Gasteiger partial charge in [-0.05, 0) is 17.7 Å². The monoisotopic (exact) mass is 283 g/mol. The Kier molecular flexibility index (Phi) is 5.05. The SMILES string of the molecule is CN(C)c1ccc([C@@H](CO)N2CCNCC2)c(Cl)c1. The van der Waals surface area contributed by atoms with Crippen LogP contribution in [0.2, 0.25) is 5.02 Å². The van der Waals surface area contributed by atoms with Crippen molar-refractivity contribution in [3.8, 4) is 0 Å². The Labute approximate surface area is 120 Å². The molecular formula is C14H22ClN3O. The van der Waals surface area contributed by atoms with Gasteiger partial charge in [-0.25, -0.2) is 0 Å². The van der Waals surface area contributed by atoms with Gasteiger partial charge in [0.1, 0.15) is 0 Å². The fourth-order valence-corrected chi connectivity index (χ4v) is 2.77. The number of nitrogens with one attached hydrogen (secondary N) is 1. The third-order valence-electron chi connectivity index (χ3n) is 3.62. The van der Waals surface area contributed by atoms with Crippen molar-refractivity contribution in [2.24, 2.45) is 0 Å². The predicted molar refractivity (Wildman–Crippen MR) is 80.0 cm³/mol. The van der Waals surface area contributed by atoms with E-state index in [1.165, 1.54) is 0 Å². The highest BCUT2D eigenvalue weighted by atomic mass is 35.5. The van der Waals surface area contributed by atoms with Crippen LogP contribution in [0.25, 0.3) is 0 Å². The summed E-state index contributed by atoms with van der Waals surface area (Å²) in [6.45, 7) is 3.91. The summed E-state index contributed by atoms with van der Waals surface area (Å²) < 4.78 is 0. The molecule has 1 atom stereocenters. The Bertz CT molecular complexity index is 419. The van der Waals surface area contributed by atoms with Crippen LogP contribution >= 0.6 is 11.6 Å². The maximum Gasteiger partial charge on any atom is 0.0629 e. The highest BCUT2D eigenvalue weighted by Gasteiger charge is 2.23. The smallest absolute Gasteiger partial charge is 0.0629 e. The van der Waals surface area contributed by atoms with E-state index in [4.69, 9.17) is 11.6 Å². The summed E-state index contributed by atoms with van der Waals surface area (Å²) in [5, 5.41) is 13.8. The minimum absolute atomic E-state index is 0.00851. The Balaban J connectivity index is 2.22. The largest absolute Gasteiger partial charge is 0.394 e. The lowest BCUT2D eigenvalue weighted by Crippen LogP contribution is -2.46. The summed E-state index contributed by atoms with van der Waals surface area (Å²) in [5.74, 6) is 0. The molecule has 19 heavy (non-hydrogen) atoms. The number of hydrogen-bond donors (Lipinski definition) is 2. The molecule has 0 aromatic heterocycles. The van der Waals surface area contributed by atoms with Gasteiger partial charge in [-0.2, -0.15) is 0 Å². The molecular weight excluding hydrogens is 262 g/mol. The standard InChI is InChI=1S/C14H22ClN3O/c1-17(2)11-3-4-12(13(15)9-11)14(10-19)18-7-5-16-6-8-18/h3-4,9,14,16,19H,5-8,10H2,1-2H3/t14-/m1/s1. The Morgan fingerprint density at radius 1 is 1.37 bits per heavy atom. The number of piperazine rings is 1. The van der Waals surface area contributed by atoms with E-state index in [1.807, 2.05) is 37.2 Å². The van der Waals surface area contributed by atoms with Crippen molar-refractivity contribution >= 4 is 17.3 Å². The van der Waals surface area contributed by atoms with E-state index in [-0.39, 0.29) is 12.6 Å². The minimum atomic E-state index is -0.00851. The Morgan fingerprint density at radius 3 is 2.58 bits per heavy atom. The summed E-state index contributed by atoms with van der Waals surface area (Å²) in [4.78, 5) is 4.31. The lowest BCUT2D eigenvalue weighted by atomic mass is 10.0. The van der Waals surface area contributed by atoms with E-state index >= 15 is 0 Å². The van der Waals surface area contributed by atoms with Crippen LogP contribution in [-0.4, -0.2) is 56.9 Å². The van der Waals surface area contributed by atoms with Crippen LogP contribution in [0.1, 0.15) is 11.6 Å². The molecule has 0 bridgehead atoms. The zero-order chi connectivity index (χ0) is 13.8. The average Bonchev–Trinajstić information content (AvgIpc) is 2.42. The molecule has 2 rings (SSSR count). The van der Waals surface area contributed by atoms with Crippen molar-refractivity contribution in [3.05, 3.63) is 28.8 Å². The molecule has 1 aliphatic rings. The lowest BCUT2D eigenvalue weighted by Gasteiger charge is -2.34. The zero-order valence-corrected chi connectivity index (χ0v) is 12.3. The van der Waals surface area contributed by atoms with Gasteiger partial charge in [0, 0.05) is 51.0 Å². The van der Waals surface area contributed by atoms with Gasteiger partial charge >= 0.3 is 0 Å². The van der Waals surface area contributed by atoms with E-state index in [0.717, 1.165) is 42.5 Å². The van der Waals surface area contributed by atoms with Crippen LogP contribution in [0.3, 0.4) is 0 Å². The molecule has 4 nitrogen and oxygen atoms in total. The van der Waals surface area contributed by atoms with E-state index in [9.17, 15) is 5.11 Å². The maximum atomic E-state index is 9.70. The number of anilines is 1. The molecule has 0 spiro atoms. The first kappa shape index (κ1) is 14.6. The van der Waals surface area contributed by atoms with E-state index in [0.29, 0.717) is 0 Å². The molecule has 1 aromatic rings. The van der Waals surface area contributed by atoms with Crippen LogP contribution in [0.15, 0.2) is 18.2 Å². The lowest BCUT2D eigenvalue weighted by molar-refractivity contribution is 0.111. The third kappa shape index (κ3) is 3.39. The second-order valence-corrected chi connectivity index (χ2v) is 5.49. The van der Waals surface area contributed by atoms with Crippen LogP contribution in [0, 0.1) is 0 Å². The number of aliphatic hydroxyl groups is 1. The van der Waals surface area contributed by atoms with Gasteiger partial charge in [-0.15, -0.1) is 0 Å². The molecule has 106 valence electrons. The fraction of sp³-hybridized carbons (Fsp3) is 0.571. The first-order valence-electron chi connectivity index (χ1n) is 6.66. The van der Waals surface area contributed by atoms with E-state index in [1.54, 1.807) is 0 Å². The molecule has 5 heteroatoms. The van der Waals surface area contributed by atoms with Gasteiger partial charge in [0.25, 0.3) is 0 Å². The van der Waals surface area contributed by atoms with Gasteiger partial charge in [0.15, 0.2) is 0 Å². The Morgan fingerprint density at radius 2 is 2.05 bits per heavy atom. The number of nitrogens with zero attached hydrogens (tertiary/aromatic N) is 2. The predicted octanol–water partition coefficient (Wildman–Crippen LogP) is 1.34.